The number of methoxy groups -OCH3 is 1. The van der Waals surface area contributed by atoms with Gasteiger partial charge in [-0.15, -0.1) is 0 Å². The average Bonchev–Trinajstić information content (AvgIpc) is 2.46. The summed E-state index contributed by atoms with van der Waals surface area (Å²) in [4.78, 5) is 13.0. The van der Waals surface area contributed by atoms with Crippen molar-refractivity contribution in [3.05, 3.63) is 35.9 Å². The van der Waals surface area contributed by atoms with Crippen molar-refractivity contribution in [1.82, 2.24) is 4.90 Å². The summed E-state index contributed by atoms with van der Waals surface area (Å²) in [6.07, 6.45) is 1.76. The van der Waals surface area contributed by atoms with Gasteiger partial charge in [0, 0.05) is 13.1 Å². The van der Waals surface area contributed by atoms with E-state index < -0.39 is 0 Å². The monoisotopic (exact) mass is 249 g/mol. The molecule has 4 heteroatoms. The van der Waals surface area contributed by atoms with Crippen LogP contribution in [-0.2, 0) is 16.1 Å². The third-order valence-corrected chi connectivity index (χ3v) is 3.20. The second kappa shape index (κ2) is 6.40. The molecular weight excluding hydrogens is 230 g/mol. The van der Waals surface area contributed by atoms with Gasteiger partial charge in [0.25, 0.3) is 0 Å². The number of hydrogen-bond acceptors (Lipinski definition) is 3. The summed E-state index contributed by atoms with van der Waals surface area (Å²) >= 11 is 0. The summed E-state index contributed by atoms with van der Waals surface area (Å²) in [5.74, 6) is 0. The van der Waals surface area contributed by atoms with Gasteiger partial charge in [0.1, 0.15) is 0 Å². The minimum atomic E-state index is -0.239. The molecular formula is C14H19NO3. The van der Waals surface area contributed by atoms with Gasteiger partial charge in [0.05, 0.1) is 19.8 Å². The van der Waals surface area contributed by atoms with Crippen LogP contribution < -0.4 is 0 Å². The zero-order chi connectivity index (χ0) is 12.8. The molecule has 0 N–H and O–H groups in total. The van der Waals surface area contributed by atoms with E-state index in [9.17, 15) is 4.79 Å². The van der Waals surface area contributed by atoms with Gasteiger partial charge in [-0.3, -0.25) is 0 Å². The second-order valence-electron chi connectivity index (χ2n) is 4.45. The van der Waals surface area contributed by atoms with Gasteiger partial charge in [0.15, 0.2) is 0 Å². The van der Waals surface area contributed by atoms with Crippen LogP contribution in [-0.4, -0.2) is 37.3 Å². The number of rotatable bonds is 3. The van der Waals surface area contributed by atoms with Crippen molar-refractivity contribution in [3.63, 3.8) is 0 Å². The first-order valence-electron chi connectivity index (χ1n) is 6.28. The zero-order valence-electron chi connectivity index (χ0n) is 10.7. The van der Waals surface area contributed by atoms with E-state index in [1.54, 1.807) is 4.90 Å². The predicted octanol–water partition coefficient (Wildman–Crippen LogP) is 2.43. The van der Waals surface area contributed by atoms with Crippen LogP contribution in [0, 0.1) is 0 Å². The number of amides is 1. The molecule has 98 valence electrons. The van der Waals surface area contributed by atoms with E-state index in [0.29, 0.717) is 19.7 Å². The van der Waals surface area contributed by atoms with Crippen LogP contribution >= 0.6 is 0 Å². The van der Waals surface area contributed by atoms with Gasteiger partial charge in [-0.05, 0) is 18.4 Å². The Bertz CT molecular complexity index is 372. The molecule has 1 heterocycles. The molecule has 0 aromatic heterocycles. The molecule has 0 bridgehead atoms. The van der Waals surface area contributed by atoms with E-state index in [2.05, 4.69) is 12.1 Å². The number of piperidine rings is 1. The Morgan fingerprint density at radius 3 is 2.56 bits per heavy atom. The highest BCUT2D eigenvalue weighted by atomic mass is 16.5. The Kier molecular flexibility index (Phi) is 4.59. The first-order valence-corrected chi connectivity index (χ1v) is 6.28. The molecule has 0 saturated carbocycles. The first-order chi connectivity index (χ1) is 8.79. The molecule has 1 aromatic rings. The Morgan fingerprint density at radius 1 is 1.28 bits per heavy atom. The van der Waals surface area contributed by atoms with Crippen LogP contribution in [0.3, 0.4) is 0 Å². The number of carbonyl (C=O) groups is 1. The van der Waals surface area contributed by atoms with Crippen molar-refractivity contribution < 1.29 is 14.3 Å². The third-order valence-electron chi connectivity index (χ3n) is 3.20. The smallest absolute Gasteiger partial charge is 0.409 e. The van der Waals surface area contributed by atoms with Crippen LogP contribution in [0.4, 0.5) is 4.79 Å². The Hall–Kier alpha value is -1.55. The van der Waals surface area contributed by atoms with E-state index in [0.717, 1.165) is 12.8 Å². The standard InChI is InChI=1S/C14H19NO3/c1-17-14(16)15-9-7-13(8-10-15)18-11-12-5-3-2-4-6-12/h2-6,13H,7-11H2,1H3. The van der Waals surface area contributed by atoms with Crippen LogP contribution in [0.2, 0.25) is 0 Å². The third kappa shape index (κ3) is 3.47. The number of nitrogens with zero attached hydrogens (tertiary/aromatic N) is 1. The second-order valence-corrected chi connectivity index (χ2v) is 4.45. The molecule has 1 aromatic carbocycles. The Morgan fingerprint density at radius 2 is 1.94 bits per heavy atom. The molecule has 1 saturated heterocycles. The normalized spacial score (nSPS) is 16.6. The molecule has 0 spiro atoms. The van der Waals surface area contributed by atoms with Crippen molar-refractivity contribution in [3.8, 4) is 0 Å². The van der Waals surface area contributed by atoms with Gasteiger partial charge in [-0.1, -0.05) is 30.3 Å². The number of carbonyl (C=O) groups excluding carboxylic acids is 1. The van der Waals surface area contributed by atoms with Gasteiger partial charge in [-0.2, -0.15) is 0 Å². The molecule has 0 unspecified atom stereocenters. The molecule has 4 nitrogen and oxygen atoms in total. The summed E-state index contributed by atoms with van der Waals surface area (Å²) in [6, 6.07) is 10.1. The highest BCUT2D eigenvalue weighted by molar-refractivity contribution is 5.67. The zero-order valence-corrected chi connectivity index (χ0v) is 10.7. The number of ether oxygens (including phenoxy) is 2. The molecule has 18 heavy (non-hydrogen) atoms. The maximum Gasteiger partial charge on any atom is 0.409 e. The van der Waals surface area contributed by atoms with Gasteiger partial charge < -0.3 is 14.4 Å². The highest BCUT2D eigenvalue weighted by Gasteiger charge is 2.23. The van der Waals surface area contributed by atoms with Gasteiger partial charge in [-0.25, -0.2) is 4.79 Å². The molecule has 2 rings (SSSR count). The summed E-state index contributed by atoms with van der Waals surface area (Å²) in [6.45, 7) is 2.07. The minimum Gasteiger partial charge on any atom is -0.453 e. The van der Waals surface area contributed by atoms with Gasteiger partial charge >= 0.3 is 6.09 Å². The maximum atomic E-state index is 11.3. The largest absolute Gasteiger partial charge is 0.453 e. The van der Waals surface area contributed by atoms with E-state index >= 15 is 0 Å². The summed E-state index contributed by atoms with van der Waals surface area (Å²) in [5, 5.41) is 0. The lowest BCUT2D eigenvalue weighted by atomic mass is 10.1. The SMILES string of the molecule is COC(=O)N1CCC(OCc2ccccc2)CC1. The van der Waals surface area contributed by atoms with Gasteiger partial charge in [0.2, 0.25) is 0 Å². The number of likely N-dealkylation sites (tertiary alicyclic amines) is 1. The van der Waals surface area contributed by atoms with Crippen LogP contribution in [0.25, 0.3) is 0 Å². The van der Waals surface area contributed by atoms with E-state index in [1.165, 1.54) is 12.7 Å². The van der Waals surface area contributed by atoms with Crippen molar-refractivity contribution in [2.24, 2.45) is 0 Å². The fourth-order valence-corrected chi connectivity index (χ4v) is 2.12. The number of benzene rings is 1. The highest BCUT2D eigenvalue weighted by Crippen LogP contribution is 2.16. The quantitative estimate of drug-likeness (QED) is 0.826. The maximum absolute atomic E-state index is 11.3. The molecule has 0 atom stereocenters. The molecule has 1 amide bonds. The summed E-state index contributed by atoms with van der Waals surface area (Å²) < 4.78 is 10.6. The minimum absolute atomic E-state index is 0.239. The predicted molar refractivity (Wildman–Crippen MR) is 68.2 cm³/mol. The first kappa shape index (κ1) is 12.9. The van der Waals surface area contributed by atoms with E-state index in [-0.39, 0.29) is 12.2 Å². The Balaban J connectivity index is 1.72. The number of hydrogen-bond donors (Lipinski definition) is 0. The van der Waals surface area contributed by atoms with Crippen molar-refractivity contribution >= 4 is 6.09 Å². The lowest BCUT2D eigenvalue weighted by Crippen LogP contribution is -2.40. The van der Waals surface area contributed by atoms with Crippen LogP contribution in [0.15, 0.2) is 30.3 Å². The summed E-state index contributed by atoms with van der Waals surface area (Å²) in [7, 11) is 1.42. The van der Waals surface area contributed by atoms with Crippen molar-refractivity contribution in [2.45, 2.75) is 25.6 Å². The molecule has 0 aliphatic carbocycles. The fourth-order valence-electron chi connectivity index (χ4n) is 2.12. The van der Waals surface area contributed by atoms with E-state index in [1.807, 2.05) is 18.2 Å². The summed E-state index contributed by atoms with van der Waals surface area (Å²) in [5.41, 5.74) is 1.19. The lowest BCUT2D eigenvalue weighted by Gasteiger charge is -2.30. The van der Waals surface area contributed by atoms with Crippen molar-refractivity contribution in [2.75, 3.05) is 20.2 Å². The average molecular weight is 249 g/mol. The lowest BCUT2D eigenvalue weighted by molar-refractivity contribution is -0.00133. The Labute approximate surface area is 107 Å². The molecule has 1 aliphatic rings. The van der Waals surface area contributed by atoms with Crippen molar-refractivity contribution in [1.29, 1.82) is 0 Å². The fraction of sp³-hybridized carbons (Fsp3) is 0.500. The molecule has 0 radical (unpaired) electrons. The molecule has 1 fully saturated rings. The van der Waals surface area contributed by atoms with E-state index in [4.69, 9.17) is 9.47 Å². The van der Waals surface area contributed by atoms with Crippen LogP contribution in [0.5, 0.6) is 0 Å². The molecule has 1 aliphatic heterocycles. The van der Waals surface area contributed by atoms with Crippen LogP contribution in [0.1, 0.15) is 18.4 Å². The topological polar surface area (TPSA) is 38.8 Å².